The molecule has 0 saturated heterocycles. The molecule has 158 valence electrons. The van der Waals surface area contributed by atoms with Crippen LogP contribution in [-0.4, -0.2) is 38.9 Å². The zero-order valence-corrected chi connectivity index (χ0v) is 18.8. The largest absolute Gasteiger partial charge is 0.354 e. The molecule has 29 heavy (non-hydrogen) atoms. The first kappa shape index (κ1) is 24.0. The van der Waals surface area contributed by atoms with Crippen molar-refractivity contribution in [1.29, 1.82) is 0 Å². The highest BCUT2D eigenvalue weighted by molar-refractivity contribution is 7.98. The number of carbonyl (C=O) groups is 1. The van der Waals surface area contributed by atoms with Crippen LogP contribution in [0.1, 0.15) is 12.0 Å². The Kier molecular flexibility index (Phi) is 9.23. The Morgan fingerprint density at radius 2 is 1.83 bits per heavy atom. The van der Waals surface area contributed by atoms with Crippen molar-refractivity contribution in [3.63, 3.8) is 0 Å². The Morgan fingerprint density at radius 1 is 1.17 bits per heavy atom. The summed E-state index contributed by atoms with van der Waals surface area (Å²) in [4.78, 5) is 12.1. The lowest BCUT2D eigenvalue weighted by molar-refractivity contribution is -0.122. The van der Waals surface area contributed by atoms with Crippen LogP contribution in [0.4, 0.5) is 4.39 Å². The van der Waals surface area contributed by atoms with Crippen LogP contribution >= 0.6 is 35.0 Å². The molecule has 2 aromatic carbocycles. The quantitative estimate of drug-likeness (QED) is 0.542. The van der Waals surface area contributed by atoms with Gasteiger partial charge in [-0.1, -0.05) is 35.3 Å². The average Bonchev–Trinajstić information content (AvgIpc) is 2.64. The van der Waals surface area contributed by atoms with Gasteiger partial charge in [0.2, 0.25) is 15.9 Å². The number of hydrogen-bond donors (Lipinski definition) is 2. The van der Waals surface area contributed by atoms with E-state index in [0.29, 0.717) is 22.2 Å². The molecular weight excluding hydrogens is 458 g/mol. The van der Waals surface area contributed by atoms with Gasteiger partial charge < -0.3 is 5.32 Å². The van der Waals surface area contributed by atoms with Gasteiger partial charge in [-0.2, -0.15) is 16.5 Å². The van der Waals surface area contributed by atoms with E-state index in [0.717, 1.165) is 17.7 Å². The normalized spacial score (nSPS) is 12.6. The molecular formula is C19H21Cl2FN2O3S2. The highest BCUT2D eigenvalue weighted by atomic mass is 35.5. The van der Waals surface area contributed by atoms with Crippen LogP contribution in [0.25, 0.3) is 0 Å². The van der Waals surface area contributed by atoms with Gasteiger partial charge in [0.25, 0.3) is 0 Å². The molecule has 0 aliphatic rings. The number of benzene rings is 2. The molecule has 0 aromatic heterocycles. The lowest BCUT2D eigenvalue weighted by Crippen LogP contribution is -2.47. The van der Waals surface area contributed by atoms with Crippen LogP contribution in [0.2, 0.25) is 10.0 Å². The van der Waals surface area contributed by atoms with Crippen LogP contribution < -0.4 is 10.0 Å². The third-order valence-corrected chi connectivity index (χ3v) is 6.57. The van der Waals surface area contributed by atoms with Crippen molar-refractivity contribution in [2.45, 2.75) is 23.8 Å². The molecule has 0 fully saturated rings. The van der Waals surface area contributed by atoms with Crippen LogP contribution in [0.3, 0.4) is 0 Å². The summed E-state index contributed by atoms with van der Waals surface area (Å²) in [5, 5.41) is 3.70. The first-order chi connectivity index (χ1) is 13.7. The van der Waals surface area contributed by atoms with E-state index in [4.69, 9.17) is 23.2 Å². The highest BCUT2D eigenvalue weighted by Gasteiger charge is 2.27. The smallest absolute Gasteiger partial charge is 0.244 e. The minimum absolute atomic E-state index is 0.268. The second-order valence-corrected chi connectivity index (χ2v) is 9.75. The van der Waals surface area contributed by atoms with Gasteiger partial charge in [0.05, 0.1) is 0 Å². The summed E-state index contributed by atoms with van der Waals surface area (Å²) < 4.78 is 41.3. The van der Waals surface area contributed by atoms with Crippen molar-refractivity contribution < 1.29 is 17.6 Å². The summed E-state index contributed by atoms with van der Waals surface area (Å²) >= 11 is 13.4. The van der Waals surface area contributed by atoms with Gasteiger partial charge in [-0.05, 0) is 60.7 Å². The van der Waals surface area contributed by atoms with Gasteiger partial charge in [0, 0.05) is 16.6 Å². The van der Waals surface area contributed by atoms with Gasteiger partial charge >= 0.3 is 0 Å². The summed E-state index contributed by atoms with van der Waals surface area (Å²) in [6.07, 6.45) is 2.59. The third-order valence-electron chi connectivity index (χ3n) is 3.99. The summed E-state index contributed by atoms with van der Waals surface area (Å²) in [5.74, 6) is -0.796. The molecule has 5 nitrogen and oxygen atoms in total. The van der Waals surface area contributed by atoms with Crippen LogP contribution in [0, 0.1) is 5.82 Å². The Balaban J connectivity index is 2.04. The number of sulfonamides is 1. The molecule has 0 aliphatic heterocycles. The zero-order valence-electron chi connectivity index (χ0n) is 15.6. The van der Waals surface area contributed by atoms with Crippen LogP contribution in [0.15, 0.2) is 47.4 Å². The van der Waals surface area contributed by atoms with Crippen LogP contribution in [0.5, 0.6) is 0 Å². The minimum Gasteiger partial charge on any atom is -0.354 e. The fraction of sp³-hybridized carbons (Fsp3) is 0.316. The SMILES string of the molecule is CSCCC(NS(=O)(=O)c1ccccc1F)C(=O)NCCc1cc(Cl)cc(Cl)c1. The number of amides is 1. The molecule has 0 bridgehead atoms. The maximum atomic E-state index is 13.9. The lowest BCUT2D eigenvalue weighted by atomic mass is 10.1. The maximum absolute atomic E-state index is 13.9. The monoisotopic (exact) mass is 478 g/mol. The van der Waals surface area contributed by atoms with E-state index >= 15 is 0 Å². The highest BCUT2D eigenvalue weighted by Crippen LogP contribution is 2.19. The molecule has 0 aliphatic carbocycles. The van der Waals surface area contributed by atoms with Gasteiger partial charge in [-0.15, -0.1) is 0 Å². The Hall–Kier alpha value is -1.32. The van der Waals surface area contributed by atoms with Gasteiger partial charge in [0.1, 0.15) is 16.8 Å². The molecule has 1 amide bonds. The van der Waals surface area contributed by atoms with Gasteiger partial charge in [0.15, 0.2) is 0 Å². The van der Waals surface area contributed by atoms with E-state index < -0.39 is 32.7 Å². The topological polar surface area (TPSA) is 75.3 Å². The first-order valence-electron chi connectivity index (χ1n) is 8.71. The number of carbonyl (C=O) groups excluding carboxylic acids is 1. The fourth-order valence-corrected chi connectivity index (χ4v) is 4.95. The zero-order chi connectivity index (χ0) is 21.4. The third kappa shape index (κ3) is 7.46. The number of hydrogen-bond acceptors (Lipinski definition) is 4. The van der Waals surface area contributed by atoms with Crippen molar-refractivity contribution in [2.75, 3.05) is 18.6 Å². The molecule has 10 heteroatoms. The molecule has 2 N–H and O–H groups in total. The Labute approximate surface area is 184 Å². The lowest BCUT2D eigenvalue weighted by Gasteiger charge is -2.18. The molecule has 1 atom stereocenters. The second-order valence-electron chi connectivity index (χ2n) is 6.20. The van der Waals surface area contributed by atoms with Gasteiger partial charge in [-0.25, -0.2) is 12.8 Å². The summed E-state index contributed by atoms with van der Waals surface area (Å²) in [6, 6.07) is 9.11. The Bertz CT molecular complexity index is 938. The number of nitrogens with one attached hydrogen (secondary N) is 2. The van der Waals surface area contributed by atoms with E-state index in [-0.39, 0.29) is 13.0 Å². The van der Waals surface area contributed by atoms with E-state index in [9.17, 15) is 17.6 Å². The molecule has 2 rings (SSSR count). The summed E-state index contributed by atoms with van der Waals surface area (Å²) in [7, 11) is -4.18. The number of rotatable bonds is 10. The standard InChI is InChI=1S/C19H21Cl2FN2O3S2/c1-28-9-7-17(24-29(26,27)18-5-3-2-4-16(18)22)19(25)23-8-6-13-10-14(20)12-15(21)11-13/h2-5,10-12,17,24H,6-9H2,1H3,(H,23,25). The molecule has 0 saturated carbocycles. The second kappa shape index (κ2) is 11.2. The fourth-order valence-electron chi connectivity index (χ4n) is 2.60. The maximum Gasteiger partial charge on any atom is 0.244 e. The van der Waals surface area contributed by atoms with E-state index in [1.807, 2.05) is 6.26 Å². The van der Waals surface area contributed by atoms with E-state index in [2.05, 4.69) is 10.0 Å². The average molecular weight is 479 g/mol. The first-order valence-corrected chi connectivity index (χ1v) is 12.3. The van der Waals surface area contributed by atoms with Crippen molar-refractivity contribution in [2.24, 2.45) is 0 Å². The molecule has 0 heterocycles. The molecule has 2 aromatic rings. The molecule has 0 spiro atoms. The van der Waals surface area contributed by atoms with Crippen molar-refractivity contribution in [3.8, 4) is 0 Å². The Morgan fingerprint density at radius 3 is 2.45 bits per heavy atom. The summed E-state index contributed by atoms with van der Waals surface area (Å²) in [5.41, 5.74) is 0.843. The molecule has 0 radical (unpaired) electrons. The predicted octanol–water partition coefficient (Wildman–Crippen LogP) is 3.89. The van der Waals surface area contributed by atoms with E-state index in [1.54, 1.807) is 18.2 Å². The van der Waals surface area contributed by atoms with Crippen molar-refractivity contribution in [1.82, 2.24) is 10.0 Å². The predicted molar refractivity (Wildman–Crippen MR) is 117 cm³/mol. The van der Waals surface area contributed by atoms with E-state index in [1.165, 1.54) is 23.9 Å². The van der Waals surface area contributed by atoms with Gasteiger partial charge in [-0.3, -0.25) is 4.79 Å². The summed E-state index contributed by atoms with van der Waals surface area (Å²) in [6.45, 7) is 0.271. The van der Waals surface area contributed by atoms with Crippen LogP contribution in [-0.2, 0) is 21.2 Å². The number of halogens is 3. The van der Waals surface area contributed by atoms with Crippen molar-refractivity contribution >= 4 is 50.9 Å². The number of thioether (sulfide) groups is 1. The minimum atomic E-state index is -4.18. The molecule has 1 unspecified atom stereocenters. The van der Waals surface area contributed by atoms with Crippen molar-refractivity contribution in [3.05, 3.63) is 63.9 Å².